The average Bonchev–Trinajstić information content (AvgIpc) is 3.99. The lowest BCUT2D eigenvalue weighted by Gasteiger charge is -2.29. The van der Waals surface area contributed by atoms with E-state index in [9.17, 15) is 19.9 Å². The second-order valence-electron chi connectivity index (χ2n) is 17.9. The monoisotopic (exact) mass is 948 g/mol. The first-order valence-corrected chi connectivity index (χ1v) is 25.5. The zero-order valence-electron chi connectivity index (χ0n) is 39.3. The number of anilines is 1. The van der Waals surface area contributed by atoms with Crippen LogP contribution < -0.4 is 10.3 Å². The van der Waals surface area contributed by atoms with Gasteiger partial charge in [-0.1, -0.05) is 134 Å². The van der Waals surface area contributed by atoms with Gasteiger partial charge in [0, 0.05) is 18.7 Å². The van der Waals surface area contributed by atoms with Crippen LogP contribution in [-0.4, -0.2) is 76.2 Å². The van der Waals surface area contributed by atoms with Crippen LogP contribution in [0.15, 0.2) is 73.1 Å². The fourth-order valence-electron chi connectivity index (χ4n) is 8.55. The summed E-state index contributed by atoms with van der Waals surface area (Å²) in [6.45, 7) is 5.88. The minimum Gasteiger partial charge on any atom is -0.404 e. The fourth-order valence-corrected chi connectivity index (χ4v) is 9.79. The quantitative estimate of drug-likeness (QED) is 0.0209. The third-order valence-electron chi connectivity index (χ3n) is 12.1. The number of hydrogen-bond donors (Lipinski definition) is 1. The molecule has 2 saturated heterocycles. The number of nitrogens with two attached hydrogens (primary N) is 1. The number of hydrogen-bond acceptors (Lipinski definition) is 15. The van der Waals surface area contributed by atoms with Crippen LogP contribution in [0, 0.1) is 21.4 Å². The van der Waals surface area contributed by atoms with Gasteiger partial charge in [-0.2, -0.15) is 10.4 Å². The number of nitriles is 1. The molecule has 2 N–H and O–H groups in total. The van der Waals surface area contributed by atoms with Crippen molar-refractivity contribution >= 4 is 24.8 Å². The van der Waals surface area contributed by atoms with Crippen molar-refractivity contribution in [1.29, 1.82) is 5.26 Å². The average molecular weight is 949 g/mol. The van der Waals surface area contributed by atoms with Crippen molar-refractivity contribution in [3.8, 4) is 11.8 Å². The Morgan fingerprint density at radius 2 is 1.49 bits per heavy atom. The number of nitro groups is 1. The first-order valence-electron chi connectivity index (χ1n) is 24.1. The van der Waals surface area contributed by atoms with Crippen molar-refractivity contribution in [2.24, 2.45) is 0 Å². The predicted molar refractivity (Wildman–Crippen MR) is 252 cm³/mol. The molecule has 2 aromatic heterocycles. The molecule has 67 heavy (non-hydrogen) atoms. The molecule has 0 aliphatic carbocycles. The second kappa shape index (κ2) is 25.7. The van der Waals surface area contributed by atoms with Crippen LogP contribution in [-0.2, 0) is 49.5 Å². The van der Waals surface area contributed by atoms with Crippen molar-refractivity contribution in [3.05, 3.63) is 94.4 Å². The van der Waals surface area contributed by atoms with Crippen LogP contribution in [0.1, 0.15) is 135 Å². The van der Waals surface area contributed by atoms with Gasteiger partial charge in [-0.25, -0.2) is 14.1 Å². The van der Waals surface area contributed by atoms with Gasteiger partial charge in [0.15, 0.2) is 11.6 Å². The SMILES string of the molecule is CCCCCCCCCCCCCCCCCCOC[C@@H](COP(=O)(OC[C@H]1O[C@@](C#N)(c2ccc3c(N)ncnn23)[C@@H]2OC(C)(C)O[C@@H]21)Oc1ccc([N+](=O)[O-])cc1)OCc1ccccc1. The number of phosphoric acid groups is 1. The van der Waals surface area contributed by atoms with Crippen molar-refractivity contribution in [3.63, 3.8) is 0 Å². The molecular weight excluding hydrogens is 880 g/mol. The van der Waals surface area contributed by atoms with Crippen molar-refractivity contribution < 1.29 is 46.7 Å². The molecule has 0 bridgehead atoms. The van der Waals surface area contributed by atoms with E-state index in [2.05, 4.69) is 23.1 Å². The number of nitro benzene ring substituents is 1. The van der Waals surface area contributed by atoms with Crippen molar-refractivity contribution in [2.75, 3.05) is 32.2 Å². The van der Waals surface area contributed by atoms with Gasteiger partial charge in [0.25, 0.3) is 5.69 Å². The number of phosphoric ester groups is 1. The lowest BCUT2D eigenvalue weighted by molar-refractivity contribution is -0.384. The molecule has 18 heteroatoms. The van der Waals surface area contributed by atoms with Gasteiger partial charge in [0.1, 0.15) is 48.1 Å². The van der Waals surface area contributed by atoms with E-state index in [-0.39, 0.29) is 37.1 Å². The molecule has 1 unspecified atom stereocenters. The zero-order chi connectivity index (χ0) is 47.5. The number of non-ortho nitro benzene ring substituents is 1. The molecule has 0 saturated carbocycles. The van der Waals surface area contributed by atoms with Crippen LogP contribution in [0.2, 0.25) is 0 Å². The third kappa shape index (κ3) is 15.0. The Bertz CT molecular complexity index is 2210. The van der Waals surface area contributed by atoms with Gasteiger partial charge < -0.3 is 33.9 Å². The van der Waals surface area contributed by atoms with E-state index in [1.807, 2.05) is 30.3 Å². The Morgan fingerprint density at radius 3 is 2.12 bits per heavy atom. The van der Waals surface area contributed by atoms with Crippen molar-refractivity contribution in [2.45, 2.75) is 166 Å². The highest BCUT2D eigenvalue weighted by Crippen LogP contribution is 2.53. The third-order valence-corrected chi connectivity index (χ3v) is 13.5. The van der Waals surface area contributed by atoms with Crippen molar-refractivity contribution in [1.82, 2.24) is 14.6 Å². The molecule has 2 aliphatic rings. The number of fused-ring (bicyclic) bond motifs is 2. The molecule has 17 nitrogen and oxygen atoms in total. The second-order valence-corrected chi connectivity index (χ2v) is 19.5. The Kier molecular flexibility index (Phi) is 19.9. The van der Waals surface area contributed by atoms with Crippen LogP contribution in [0.5, 0.6) is 5.75 Å². The Labute approximate surface area is 394 Å². The van der Waals surface area contributed by atoms with Crippen LogP contribution in [0.25, 0.3) is 5.52 Å². The van der Waals surface area contributed by atoms with Crippen LogP contribution >= 0.6 is 7.82 Å². The van der Waals surface area contributed by atoms with Crippen LogP contribution in [0.4, 0.5) is 11.5 Å². The fraction of sp³-hybridized carbons (Fsp3) is 0.612. The molecule has 2 fully saturated rings. The molecule has 366 valence electrons. The molecule has 0 amide bonds. The molecule has 0 radical (unpaired) electrons. The molecular formula is C49H69N6O11P. The highest BCUT2D eigenvalue weighted by molar-refractivity contribution is 7.48. The number of nitrogens with zero attached hydrogens (tertiary/aromatic N) is 5. The summed E-state index contributed by atoms with van der Waals surface area (Å²) in [6.07, 6.45) is 18.1. The molecule has 2 aromatic carbocycles. The van der Waals surface area contributed by atoms with E-state index >= 15 is 0 Å². The van der Waals surface area contributed by atoms with E-state index in [1.54, 1.807) is 26.0 Å². The summed E-state index contributed by atoms with van der Waals surface area (Å²) in [6, 6.07) is 20.3. The lowest BCUT2D eigenvalue weighted by atomic mass is 9.92. The van der Waals surface area contributed by atoms with Gasteiger partial charge in [-0.15, -0.1) is 0 Å². The highest BCUT2D eigenvalue weighted by Gasteiger charge is 2.65. The number of unbranched alkanes of at least 4 members (excludes halogenated alkanes) is 15. The van der Waals surface area contributed by atoms with Gasteiger partial charge >= 0.3 is 7.82 Å². The number of nitrogen functional groups attached to an aromatic ring is 1. The highest BCUT2D eigenvalue weighted by atomic mass is 31.2. The number of aromatic nitrogens is 3. The zero-order valence-corrected chi connectivity index (χ0v) is 40.2. The Morgan fingerprint density at radius 1 is 0.851 bits per heavy atom. The smallest absolute Gasteiger partial charge is 0.404 e. The summed E-state index contributed by atoms with van der Waals surface area (Å²) >= 11 is 0. The number of rotatable bonds is 32. The largest absolute Gasteiger partial charge is 0.530 e. The Hall–Kier alpha value is -4.50. The Balaban J connectivity index is 1.05. The number of benzene rings is 2. The minimum absolute atomic E-state index is 0.00876. The summed E-state index contributed by atoms with van der Waals surface area (Å²) in [5.41, 5.74) is 5.85. The van der Waals surface area contributed by atoms with E-state index in [1.165, 1.54) is 119 Å². The lowest BCUT2D eigenvalue weighted by Crippen LogP contribution is -2.40. The first-order chi connectivity index (χ1) is 32.5. The summed E-state index contributed by atoms with van der Waals surface area (Å²) in [5, 5.41) is 26.5. The van der Waals surface area contributed by atoms with E-state index in [4.69, 9.17) is 43.0 Å². The van der Waals surface area contributed by atoms with E-state index < -0.39 is 55.2 Å². The number of ether oxygens (including phenoxy) is 5. The van der Waals surface area contributed by atoms with Gasteiger partial charge in [0.2, 0.25) is 5.60 Å². The predicted octanol–water partition coefficient (Wildman–Crippen LogP) is 10.9. The van der Waals surface area contributed by atoms with Gasteiger partial charge in [0.05, 0.1) is 37.0 Å². The molecule has 6 rings (SSSR count). The standard InChI is InChI=1S/C49H69N6O11P/c1-4-5-6-7-8-9-10-11-12-13-14-15-16-17-18-22-31-59-33-41(60-32-38-23-20-19-21-24-38)34-61-67(58,66-40-27-25-39(26-28-40)55(56)57)62-35-43-45-46(65-48(2,3)64-45)49(36-50,63-43)44-30-29-42-47(51)52-37-53-54(42)44/h19-21,23-30,37,41,43,45-46H,4-18,22,31-35H2,1-3H3,(H2,51,52,53)/t41-,43+,45+,46+,49-,67?/m0/s1. The first kappa shape index (κ1) is 51.9. The summed E-state index contributed by atoms with van der Waals surface area (Å²) in [4.78, 5) is 14.9. The van der Waals surface area contributed by atoms with Crippen LogP contribution in [0.3, 0.4) is 0 Å². The maximum Gasteiger partial charge on any atom is 0.530 e. The summed E-state index contributed by atoms with van der Waals surface area (Å²) in [5.74, 6) is -0.942. The van der Waals surface area contributed by atoms with E-state index in [0.29, 0.717) is 17.8 Å². The maximum absolute atomic E-state index is 14.7. The van der Waals surface area contributed by atoms with Gasteiger partial charge in [-0.3, -0.25) is 19.2 Å². The summed E-state index contributed by atoms with van der Waals surface area (Å²) in [7, 11) is -4.59. The normalized spacial score (nSPS) is 21.2. The maximum atomic E-state index is 14.7. The molecule has 6 atom stereocenters. The van der Waals surface area contributed by atoms with Gasteiger partial charge in [-0.05, 0) is 50.1 Å². The molecule has 2 aliphatic heterocycles. The molecule has 4 heterocycles. The molecule has 4 aromatic rings. The minimum atomic E-state index is -4.59. The molecule has 0 spiro atoms. The van der Waals surface area contributed by atoms with E-state index in [0.717, 1.165) is 24.8 Å². The summed E-state index contributed by atoms with van der Waals surface area (Å²) < 4.78 is 65.6. The topological polar surface area (TPSA) is 214 Å².